The second kappa shape index (κ2) is 6.30. The van der Waals surface area contributed by atoms with Crippen molar-refractivity contribution in [1.82, 2.24) is 0 Å². The number of hydrogen-bond donors (Lipinski definition) is 1. The third kappa shape index (κ3) is 4.40. The summed E-state index contributed by atoms with van der Waals surface area (Å²) in [6.45, 7) is 0. The van der Waals surface area contributed by atoms with E-state index in [0.29, 0.717) is 5.56 Å². The topological polar surface area (TPSA) is 20.2 Å². The standard InChI is InChI=1S/C15H17F5O/c16-12-5-9(6-13(17)8-12)7-14(21)10-1-3-11(4-2-10)15(18,19)20/h5-6,8,10-11,14,21H,1-4,7H2. The first-order valence-electron chi connectivity index (χ1n) is 6.95. The van der Waals surface area contributed by atoms with Gasteiger partial charge in [-0.15, -0.1) is 0 Å². The Hall–Kier alpha value is -1.17. The minimum absolute atomic E-state index is 0.00272. The lowest BCUT2D eigenvalue weighted by atomic mass is 9.78. The van der Waals surface area contributed by atoms with Gasteiger partial charge in [-0.1, -0.05) is 0 Å². The van der Waals surface area contributed by atoms with E-state index in [1.54, 1.807) is 0 Å². The molecule has 1 nitrogen and oxygen atoms in total. The molecule has 1 aliphatic rings. The van der Waals surface area contributed by atoms with E-state index in [1.165, 1.54) is 0 Å². The van der Waals surface area contributed by atoms with Gasteiger partial charge in [0.05, 0.1) is 12.0 Å². The second-order valence-electron chi connectivity index (χ2n) is 5.70. The predicted octanol–water partition coefficient (Wildman–Crippen LogP) is 4.24. The smallest absolute Gasteiger partial charge is 0.391 e. The van der Waals surface area contributed by atoms with E-state index in [1.807, 2.05) is 0 Å². The average molecular weight is 308 g/mol. The van der Waals surface area contributed by atoms with Crippen molar-refractivity contribution >= 4 is 0 Å². The van der Waals surface area contributed by atoms with Crippen molar-refractivity contribution in [2.75, 3.05) is 0 Å². The molecule has 118 valence electrons. The summed E-state index contributed by atoms with van der Waals surface area (Å²) < 4.78 is 63.8. The van der Waals surface area contributed by atoms with Crippen LogP contribution in [0.4, 0.5) is 22.0 Å². The first kappa shape index (κ1) is 16.2. The highest BCUT2D eigenvalue weighted by Gasteiger charge is 2.42. The summed E-state index contributed by atoms with van der Waals surface area (Å²) in [5.41, 5.74) is 0.318. The maximum atomic E-state index is 13.1. The van der Waals surface area contributed by atoms with E-state index < -0.39 is 29.8 Å². The van der Waals surface area contributed by atoms with Crippen LogP contribution in [0.25, 0.3) is 0 Å². The van der Waals surface area contributed by atoms with Gasteiger partial charge in [0, 0.05) is 6.07 Å². The molecular weight excluding hydrogens is 291 g/mol. The van der Waals surface area contributed by atoms with Crippen LogP contribution in [0, 0.1) is 23.5 Å². The third-order valence-electron chi connectivity index (χ3n) is 4.15. The van der Waals surface area contributed by atoms with Gasteiger partial charge in [0.25, 0.3) is 0 Å². The Morgan fingerprint density at radius 1 is 1.00 bits per heavy atom. The molecule has 6 heteroatoms. The van der Waals surface area contributed by atoms with Crippen LogP contribution < -0.4 is 0 Å². The summed E-state index contributed by atoms with van der Waals surface area (Å²) in [4.78, 5) is 0. The molecule has 0 saturated heterocycles. The molecule has 1 unspecified atom stereocenters. The fourth-order valence-electron chi connectivity index (χ4n) is 2.97. The highest BCUT2D eigenvalue weighted by molar-refractivity contribution is 5.18. The van der Waals surface area contributed by atoms with E-state index in [-0.39, 0.29) is 38.0 Å². The maximum absolute atomic E-state index is 13.1. The van der Waals surface area contributed by atoms with E-state index in [0.717, 1.165) is 18.2 Å². The lowest BCUT2D eigenvalue weighted by Gasteiger charge is -2.32. The molecular formula is C15H17F5O. The van der Waals surface area contributed by atoms with Gasteiger partial charge in [-0.2, -0.15) is 13.2 Å². The Bertz CT molecular complexity index is 457. The van der Waals surface area contributed by atoms with Gasteiger partial charge in [-0.05, 0) is 55.7 Å². The number of rotatable bonds is 3. The Balaban J connectivity index is 1.91. The molecule has 0 aliphatic heterocycles. The maximum Gasteiger partial charge on any atom is 0.391 e. The zero-order valence-electron chi connectivity index (χ0n) is 11.3. The fraction of sp³-hybridized carbons (Fsp3) is 0.600. The summed E-state index contributed by atoms with van der Waals surface area (Å²) in [5.74, 6) is -3.00. The van der Waals surface area contributed by atoms with Crippen LogP contribution in [-0.2, 0) is 6.42 Å². The van der Waals surface area contributed by atoms with E-state index in [9.17, 15) is 27.1 Å². The number of hydrogen-bond acceptors (Lipinski definition) is 1. The zero-order chi connectivity index (χ0) is 15.6. The van der Waals surface area contributed by atoms with Crippen LogP contribution in [0.5, 0.6) is 0 Å². The quantitative estimate of drug-likeness (QED) is 0.828. The Morgan fingerprint density at radius 2 is 1.52 bits per heavy atom. The van der Waals surface area contributed by atoms with Gasteiger partial charge in [-0.25, -0.2) is 8.78 Å². The zero-order valence-corrected chi connectivity index (χ0v) is 11.3. The van der Waals surface area contributed by atoms with Crippen LogP contribution in [0.3, 0.4) is 0 Å². The molecule has 2 rings (SSSR count). The highest BCUT2D eigenvalue weighted by Crippen LogP contribution is 2.40. The molecule has 0 bridgehead atoms. The van der Waals surface area contributed by atoms with E-state index in [2.05, 4.69) is 0 Å². The largest absolute Gasteiger partial charge is 0.392 e. The number of halogens is 5. The molecule has 21 heavy (non-hydrogen) atoms. The Morgan fingerprint density at radius 3 is 2.00 bits per heavy atom. The van der Waals surface area contributed by atoms with Crippen molar-refractivity contribution in [3.05, 3.63) is 35.4 Å². The average Bonchev–Trinajstić information content (AvgIpc) is 2.36. The molecule has 0 aromatic heterocycles. The summed E-state index contributed by atoms with van der Waals surface area (Å²) in [7, 11) is 0. The summed E-state index contributed by atoms with van der Waals surface area (Å²) in [5, 5.41) is 10.1. The van der Waals surface area contributed by atoms with Crippen LogP contribution in [0.15, 0.2) is 18.2 Å². The highest BCUT2D eigenvalue weighted by atomic mass is 19.4. The van der Waals surface area contributed by atoms with Gasteiger partial charge < -0.3 is 5.11 Å². The van der Waals surface area contributed by atoms with E-state index >= 15 is 0 Å². The monoisotopic (exact) mass is 308 g/mol. The lowest BCUT2D eigenvalue weighted by molar-refractivity contribution is -0.185. The summed E-state index contributed by atoms with van der Waals surface area (Å²) >= 11 is 0. The molecule has 1 saturated carbocycles. The normalized spacial score (nSPS) is 24.9. The van der Waals surface area contributed by atoms with Gasteiger partial charge in [0.2, 0.25) is 0 Å². The molecule has 0 radical (unpaired) electrons. The fourth-order valence-corrected chi connectivity index (χ4v) is 2.97. The molecule has 1 N–H and O–H groups in total. The Kier molecular flexibility index (Phi) is 4.86. The van der Waals surface area contributed by atoms with Crippen LogP contribution in [0.1, 0.15) is 31.2 Å². The molecule has 0 amide bonds. The predicted molar refractivity (Wildman–Crippen MR) is 67.6 cm³/mol. The summed E-state index contributed by atoms with van der Waals surface area (Å²) in [6, 6.07) is 3.01. The minimum atomic E-state index is -4.18. The van der Waals surface area contributed by atoms with Gasteiger partial charge in [0.15, 0.2) is 0 Å². The molecule has 0 spiro atoms. The molecule has 1 atom stereocenters. The molecule has 1 fully saturated rings. The first-order chi connectivity index (χ1) is 9.75. The van der Waals surface area contributed by atoms with Crippen molar-refractivity contribution in [3.63, 3.8) is 0 Å². The van der Waals surface area contributed by atoms with Gasteiger partial charge >= 0.3 is 6.18 Å². The molecule has 1 aliphatic carbocycles. The SMILES string of the molecule is OC(Cc1cc(F)cc(F)c1)C1CCC(C(F)(F)F)CC1. The van der Waals surface area contributed by atoms with E-state index in [4.69, 9.17) is 0 Å². The van der Waals surface area contributed by atoms with Crippen molar-refractivity contribution in [2.45, 2.75) is 44.4 Å². The summed E-state index contributed by atoms with van der Waals surface area (Å²) in [6.07, 6.45) is -4.43. The molecule has 1 aromatic carbocycles. The number of alkyl halides is 3. The van der Waals surface area contributed by atoms with Crippen LogP contribution in [0.2, 0.25) is 0 Å². The van der Waals surface area contributed by atoms with Gasteiger partial charge in [-0.3, -0.25) is 0 Å². The second-order valence-corrected chi connectivity index (χ2v) is 5.70. The lowest BCUT2D eigenvalue weighted by Crippen LogP contribution is -2.32. The van der Waals surface area contributed by atoms with Gasteiger partial charge in [0.1, 0.15) is 11.6 Å². The third-order valence-corrected chi connectivity index (χ3v) is 4.15. The van der Waals surface area contributed by atoms with Crippen LogP contribution >= 0.6 is 0 Å². The number of benzene rings is 1. The van der Waals surface area contributed by atoms with Crippen molar-refractivity contribution in [2.24, 2.45) is 11.8 Å². The van der Waals surface area contributed by atoms with Crippen LogP contribution in [-0.4, -0.2) is 17.4 Å². The first-order valence-corrected chi connectivity index (χ1v) is 6.95. The van der Waals surface area contributed by atoms with Crippen molar-refractivity contribution in [3.8, 4) is 0 Å². The van der Waals surface area contributed by atoms with Crippen molar-refractivity contribution < 1.29 is 27.1 Å². The Labute approximate surface area is 119 Å². The number of aliphatic hydroxyl groups is 1. The molecule has 1 aromatic rings. The molecule has 0 heterocycles. The van der Waals surface area contributed by atoms with Crippen molar-refractivity contribution in [1.29, 1.82) is 0 Å². The number of aliphatic hydroxyl groups excluding tert-OH is 1. The minimum Gasteiger partial charge on any atom is -0.392 e.